The average Bonchev–Trinajstić information content (AvgIpc) is 2.93. The van der Waals surface area contributed by atoms with Crippen LogP contribution in [-0.4, -0.2) is 36.3 Å². The molecule has 0 aliphatic heterocycles. The second kappa shape index (κ2) is 7.52. The van der Waals surface area contributed by atoms with Crippen molar-refractivity contribution in [2.24, 2.45) is 5.92 Å². The third-order valence-electron chi connectivity index (χ3n) is 3.52. The smallest absolute Gasteiger partial charge is 0.315 e. The van der Waals surface area contributed by atoms with Crippen molar-refractivity contribution in [2.45, 2.75) is 25.3 Å². The van der Waals surface area contributed by atoms with Crippen molar-refractivity contribution in [1.29, 1.82) is 0 Å². The summed E-state index contributed by atoms with van der Waals surface area (Å²) in [6.07, 6.45) is 1.84. The van der Waals surface area contributed by atoms with Gasteiger partial charge < -0.3 is 20.5 Å². The number of rotatable bonds is 6. The summed E-state index contributed by atoms with van der Waals surface area (Å²) in [5.74, 6) is -0.354. The fraction of sp³-hybridized carbons (Fsp3) is 0.467. The number of carboxylic acid groups (broad SMARTS) is 1. The van der Waals surface area contributed by atoms with E-state index >= 15 is 0 Å². The molecule has 1 aliphatic rings. The van der Waals surface area contributed by atoms with Crippen molar-refractivity contribution in [2.75, 3.05) is 13.2 Å². The molecule has 0 radical (unpaired) electrons. The highest BCUT2D eigenvalue weighted by Gasteiger charge is 2.30. The van der Waals surface area contributed by atoms with Crippen LogP contribution in [0.4, 0.5) is 4.79 Å². The van der Waals surface area contributed by atoms with Crippen molar-refractivity contribution in [1.82, 2.24) is 10.6 Å². The molecule has 0 aromatic heterocycles. The SMILES string of the molecule is O=C(NCCOc1ccccc1)NC1CCC(C(=O)O)C1. The molecule has 2 unspecified atom stereocenters. The number of hydrogen-bond donors (Lipinski definition) is 3. The lowest BCUT2D eigenvalue weighted by Crippen LogP contribution is -2.42. The van der Waals surface area contributed by atoms with E-state index in [4.69, 9.17) is 9.84 Å². The summed E-state index contributed by atoms with van der Waals surface area (Å²) in [6, 6.07) is 9.05. The van der Waals surface area contributed by atoms with Gasteiger partial charge in [0.2, 0.25) is 0 Å². The number of hydrogen-bond acceptors (Lipinski definition) is 3. The van der Waals surface area contributed by atoms with Gasteiger partial charge in [0, 0.05) is 6.04 Å². The third-order valence-corrected chi connectivity index (χ3v) is 3.52. The zero-order valence-corrected chi connectivity index (χ0v) is 11.7. The van der Waals surface area contributed by atoms with Crippen molar-refractivity contribution in [3.8, 4) is 5.75 Å². The van der Waals surface area contributed by atoms with Gasteiger partial charge in [-0.25, -0.2) is 4.79 Å². The maximum absolute atomic E-state index is 11.7. The lowest BCUT2D eigenvalue weighted by Gasteiger charge is -2.13. The van der Waals surface area contributed by atoms with Gasteiger partial charge in [0.15, 0.2) is 0 Å². The number of carbonyl (C=O) groups excluding carboxylic acids is 1. The summed E-state index contributed by atoms with van der Waals surface area (Å²) in [7, 11) is 0. The van der Waals surface area contributed by atoms with E-state index in [1.807, 2.05) is 30.3 Å². The molecule has 6 heteroatoms. The summed E-state index contributed by atoms with van der Waals surface area (Å²) in [5, 5.41) is 14.4. The van der Waals surface area contributed by atoms with Crippen molar-refractivity contribution in [3.05, 3.63) is 30.3 Å². The van der Waals surface area contributed by atoms with Gasteiger partial charge in [-0.05, 0) is 31.4 Å². The number of carbonyl (C=O) groups is 2. The molecule has 1 aromatic rings. The van der Waals surface area contributed by atoms with E-state index < -0.39 is 5.97 Å². The minimum atomic E-state index is -0.782. The second-order valence-electron chi connectivity index (χ2n) is 5.11. The lowest BCUT2D eigenvalue weighted by molar-refractivity contribution is -0.141. The van der Waals surface area contributed by atoms with Crippen LogP contribution in [0.1, 0.15) is 19.3 Å². The van der Waals surface area contributed by atoms with Crippen molar-refractivity contribution >= 4 is 12.0 Å². The Hall–Kier alpha value is -2.24. The topological polar surface area (TPSA) is 87.7 Å². The first-order valence-electron chi connectivity index (χ1n) is 7.10. The Morgan fingerprint density at radius 2 is 2.00 bits per heavy atom. The molecule has 0 bridgehead atoms. The van der Waals surface area contributed by atoms with E-state index in [1.165, 1.54) is 0 Å². The van der Waals surface area contributed by atoms with E-state index in [9.17, 15) is 9.59 Å². The zero-order chi connectivity index (χ0) is 15.1. The molecule has 2 atom stereocenters. The molecule has 6 nitrogen and oxygen atoms in total. The number of nitrogens with one attached hydrogen (secondary N) is 2. The predicted molar refractivity (Wildman–Crippen MR) is 77.2 cm³/mol. The molecule has 2 amide bonds. The molecule has 2 rings (SSSR count). The Kier molecular flexibility index (Phi) is 5.43. The van der Waals surface area contributed by atoms with Crippen molar-refractivity contribution < 1.29 is 19.4 Å². The van der Waals surface area contributed by atoms with E-state index in [1.54, 1.807) is 0 Å². The molecule has 0 saturated heterocycles. The highest BCUT2D eigenvalue weighted by atomic mass is 16.5. The fourth-order valence-electron chi connectivity index (χ4n) is 2.42. The van der Waals surface area contributed by atoms with Crippen LogP contribution in [-0.2, 0) is 4.79 Å². The Bertz CT molecular complexity index is 478. The van der Waals surface area contributed by atoms with Crippen LogP contribution in [0.15, 0.2) is 30.3 Å². The number of amides is 2. The number of carboxylic acids is 1. The first-order chi connectivity index (χ1) is 10.1. The highest BCUT2D eigenvalue weighted by molar-refractivity contribution is 5.75. The van der Waals surface area contributed by atoms with E-state index in [-0.39, 0.29) is 18.0 Å². The second-order valence-corrected chi connectivity index (χ2v) is 5.11. The van der Waals surface area contributed by atoms with Crippen molar-refractivity contribution in [3.63, 3.8) is 0 Å². The molecule has 1 fully saturated rings. The number of urea groups is 1. The summed E-state index contributed by atoms with van der Waals surface area (Å²) in [6.45, 7) is 0.787. The Morgan fingerprint density at radius 3 is 2.67 bits per heavy atom. The Labute approximate surface area is 123 Å². The first-order valence-corrected chi connectivity index (χ1v) is 7.10. The summed E-state index contributed by atoms with van der Waals surface area (Å²) < 4.78 is 5.45. The summed E-state index contributed by atoms with van der Waals surface area (Å²) in [4.78, 5) is 22.5. The summed E-state index contributed by atoms with van der Waals surface area (Å²) in [5.41, 5.74) is 0. The monoisotopic (exact) mass is 292 g/mol. The Balaban J connectivity index is 1.59. The molecular weight excluding hydrogens is 272 g/mol. The maximum Gasteiger partial charge on any atom is 0.315 e. The maximum atomic E-state index is 11.7. The predicted octanol–water partition coefficient (Wildman–Crippen LogP) is 1.62. The van der Waals surface area contributed by atoms with Gasteiger partial charge in [0.25, 0.3) is 0 Å². The molecule has 1 saturated carbocycles. The van der Waals surface area contributed by atoms with E-state index in [0.29, 0.717) is 32.4 Å². The van der Waals surface area contributed by atoms with Gasteiger partial charge in [-0.3, -0.25) is 4.79 Å². The highest BCUT2D eigenvalue weighted by Crippen LogP contribution is 2.25. The standard InChI is InChI=1S/C15H20N2O4/c18-14(19)11-6-7-12(10-11)17-15(20)16-8-9-21-13-4-2-1-3-5-13/h1-5,11-12H,6-10H2,(H,18,19)(H2,16,17,20). The normalized spacial score (nSPS) is 20.8. The Morgan fingerprint density at radius 1 is 1.24 bits per heavy atom. The first kappa shape index (κ1) is 15.2. The minimum absolute atomic E-state index is 0.0545. The lowest BCUT2D eigenvalue weighted by atomic mass is 10.1. The van der Waals surface area contributed by atoms with Gasteiger partial charge in [0.1, 0.15) is 12.4 Å². The average molecular weight is 292 g/mol. The zero-order valence-electron chi connectivity index (χ0n) is 11.7. The number of aliphatic carboxylic acids is 1. The van der Waals surface area contributed by atoms with Gasteiger partial charge in [-0.1, -0.05) is 18.2 Å². The van der Waals surface area contributed by atoms with Gasteiger partial charge in [0.05, 0.1) is 12.5 Å². The van der Waals surface area contributed by atoms with Crippen LogP contribution in [0.25, 0.3) is 0 Å². The fourth-order valence-corrected chi connectivity index (χ4v) is 2.42. The number of para-hydroxylation sites is 1. The summed E-state index contributed by atoms with van der Waals surface area (Å²) >= 11 is 0. The van der Waals surface area contributed by atoms with Crippen LogP contribution in [0.3, 0.4) is 0 Å². The van der Waals surface area contributed by atoms with Gasteiger partial charge in [-0.2, -0.15) is 0 Å². The number of ether oxygens (including phenoxy) is 1. The van der Waals surface area contributed by atoms with E-state index in [0.717, 1.165) is 5.75 Å². The molecule has 0 spiro atoms. The molecule has 1 aromatic carbocycles. The molecule has 21 heavy (non-hydrogen) atoms. The molecule has 3 N–H and O–H groups in total. The van der Waals surface area contributed by atoms with Crippen LogP contribution in [0.2, 0.25) is 0 Å². The minimum Gasteiger partial charge on any atom is -0.492 e. The quantitative estimate of drug-likeness (QED) is 0.695. The van der Waals surface area contributed by atoms with E-state index in [2.05, 4.69) is 10.6 Å². The molecule has 1 aliphatic carbocycles. The largest absolute Gasteiger partial charge is 0.492 e. The molecule has 114 valence electrons. The molecule has 0 heterocycles. The van der Waals surface area contributed by atoms with Crippen LogP contribution in [0.5, 0.6) is 5.75 Å². The third kappa shape index (κ3) is 4.98. The van der Waals surface area contributed by atoms with Gasteiger partial charge >= 0.3 is 12.0 Å². The van der Waals surface area contributed by atoms with Crippen LogP contribution < -0.4 is 15.4 Å². The van der Waals surface area contributed by atoms with Crippen LogP contribution >= 0.6 is 0 Å². The van der Waals surface area contributed by atoms with Gasteiger partial charge in [-0.15, -0.1) is 0 Å². The number of benzene rings is 1. The molecular formula is C15H20N2O4. The van der Waals surface area contributed by atoms with Crippen LogP contribution in [0, 0.1) is 5.92 Å².